The number of amides is 2. The molecule has 0 aromatic rings. The molecule has 1 heterocycles. The molecule has 0 bridgehead atoms. The number of aliphatic hydroxyl groups is 1. The third kappa shape index (κ3) is 9.62. The van der Waals surface area contributed by atoms with E-state index in [0.29, 0.717) is 31.2 Å². The van der Waals surface area contributed by atoms with Gasteiger partial charge in [0.25, 0.3) is 0 Å². The van der Waals surface area contributed by atoms with Gasteiger partial charge in [0.05, 0.1) is 18.8 Å². The number of ether oxygens (including phenoxy) is 1. The Kier molecular flexibility index (Phi) is 13.9. The Morgan fingerprint density at radius 1 is 1.04 bits per heavy atom. The molecular weight excluding hydrogens is 667 g/mol. The number of unbranched alkanes of at least 4 members (excludes halogenated alkanes) is 2. The van der Waals surface area contributed by atoms with E-state index in [1.807, 2.05) is 0 Å². The smallest absolute Gasteiger partial charge is 0.446 e. The Hall–Kier alpha value is -1.45. The maximum atomic E-state index is 12.8. The molecular formula is C40H69N2O8P. The number of allylic oxidation sites excluding steroid dienone is 1. The molecule has 292 valence electrons. The summed E-state index contributed by atoms with van der Waals surface area (Å²) in [5.41, 5.74) is 2.24. The monoisotopic (exact) mass is 736 g/mol. The lowest BCUT2D eigenvalue weighted by Gasteiger charge is -2.58. The SMILES string of the molecule is COP(=O)(O)OC[C@@H]1C[C@@H](O)CN1C(=O)CCCCCNC(=O)O[C@H]1CC[C@@]2(C)C(=CC[C@H]3[C@@H]4CC[C@H]([C@H](C)CCCC(C)C)[C@@]4(C)CC[C@@H]32)C1. The van der Waals surface area contributed by atoms with Crippen LogP contribution in [0.4, 0.5) is 4.79 Å². The third-order valence-electron chi connectivity index (χ3n) is 14.2. The van der Waals surface area contributed by atoms with Gasteiger partial charge < -0.3 is 25.0 Å². The summed E-state index contributed by atoms with van der Waals surface area (Å²) in [5, 5.41) is 13.0. The number of rotatable bonds is 16. The van der Waals surface area contributed by atoms with Crippen LogP contribution in [0.3, 0.4) is 0 Å². The summed E-state index contributed by atoms with van der Waals surface area (Å²) in [7, 11) is -3.07. The second kappa shape index (κ2) is 17.3. The van der Waals surface area contributed by atoms with E-state index >= 15 is 0 Å². The predicted octanol–water partition coefficient (Wildman–Crippen LogP) is 8.41. The van der Waals surface area contributed by atoms with Gasteiger partial charge in [-0.25, -0.2) is 9.36 Å². The van der Waals surface area contributed by atoms with Gasteiger partial charge in [0.2, 0.25) is 5.91 Å². The molecule has 0 radical (unpaired) electrons. The van der Waals surface area contributed by atoms with Gasteiger partial charge in [0, 0.05) is 33.0 Å². The first-order valence-corrected chi connectivity index (χ1v) is 21.8. The van der Waals surface area contributed by atoms with Gasteiger partial charge in [-0.05, 0) is 111 Å². The average molecular weight is 737 g/mol. The molecule has 4 aliphatic carbocycles. The fourth-order valence-electron chi connectivity index (χ4n) is 11.4. The molecule has 1 aliphatic heterocycles. The van der Waals surface area contributed by atoms with Crippen molar-refractivity contribution in [3.63, 3.8) is 0 Å². The van der Waals surface area contributed by atoms with E-state index in [1.54, 1.807) is 0 Å². The van der Waals surface area contributed by atoms with Crippen molar-refractivity contribution in [1.29, 1.82) is 0 Å². The number of carbonyl (C=O) groups excluding carboxylic acids is 2. The highest BCUT2D eigenvalue weighted by atomic mass is 31.2. The highest BCUT2D eigenvalue weighted by Gasteiger charge is 2.59. The minimum absolute atomic E-state index is 0.0775. The second-order valence-corrected chi connectivity index (χ2v) is 19.4. The quantitative estimate of drug-likeness (QED) is 0.0817. The number of β-amino-alcohol motifs (C(OH)–C–C–N with tert-alkyl or cyclic N) is 1. The van der Waals surface area contributed by atoms with Crippen LogP contribution < -0.4 is 5.32 Å². The van der Waals surface area contributed by atoms with Crippen LogP contribution in [0.1, 0.15) is 137 Å². The summed E-state index contributed by atoms with van der Waals surface area (Å²) in [6, 6.07) is -0.473. The Morgan fingerprint density at radius 3 is 2.57 bits per heavy atom. The molecule has 51 heavy (non-hydrogen) atoms. The van der Waals surface area contributed by atoms with Gasteiger partial charge in [0.1, 0.15) is 6.10 Å². The minimum Gasteiger partial charge on any atom is -0.446 e. The van der Waals surface area contributed by atoms with Gasteiger partial charge >= 0.3 is 13.9 Å². The van der Waals surface area contributed by atoms with Crippen LogP contribution in [0.25, 0.3) is 0 Å². The molecule has 5 aliphatic rings. The van der Waals surface area contributed by atoms with E-state index in [2.05, 4.69) is 50.5 Å². The van der Waals surface area contributed by atoms with Crippen molar-refractivity contribution >= 4 is 19.8 Å². The summed E-state index contributed by atoms with van der Waals surface area (Å²) >= 11 is 0. The zero-order valence-electron chi connectivity index (χ0n) is 32.4. The zero-order valence-corrected chi connectivity index (χ0v) is 33.3. The van der Waals surface area contributed by atoms with Crippen molar-refractivity contribution in [1.82, 2.24) is 10.2 Å². The third-order valence-corrected chi connectivity index (χ3v) is 15.2. The molecule has 11 atom stereocenters. The topological polar surface area (TPSA) is 135 Å². The Bertz CT molecular complexity index is 1280. The number of aliphatic hydroxyl groups excluding tert-OH is 1. The average Bonchev–Trinajstić information content (AvgIpc) is 3.64. The normalized spacial score (nSPS) is 36.5. The van der Waals surface area contributed by atoms with Crippen LogP contribution in [-0.2, 0) is 23.1 Å². The fraction of sp³-hybridized carbons (Fsp3) is 0.900. The number of phosphoric acid groups is 1. The molecule has 5 rings (SSSR count). The van der Waals surface area contributed by atoms with E-state index in [0.717, 1.165) is 74.7 Å². The minimum atomic E-state index is -4.15. The van der Waals surface area contributed by atoms with Crippen molar-refractivity contribution in [3.05, 3.63) is 11.6 Å². The Morgan fingerprint density at radius 2 is 1.82 bits per heavy atom. The van der Waals surface area contributed by atoms with Gasteiger partial charge in [-0.2, -0.15) is 0 Å². The van der Waals surface area contributed by atoms with E-state index in [9.17, 15) is 24.2 Å². The zero-order chi connectivity index (χ0) is 37.0. The fourth-order valence-corrected chi connectivity index (χ4v) is 11.9. The number of likely N-dealkylation sites (tertiary alicyclic amines) is 1. The van der Waals surface area contributed by atoms with Crippen molar-refractivity contribution in [3.8, 4) is 0 Å². The first-order chi connectivity index (χ1) is 24.2. The molecule has 3 N–H and O–H groups in total. The maximum absolute atomic E-state index is 12.8. The molecule has 10 nitrogen and oxygen atoms in total. The predicted molar refractivity (Wildman–Crippen MR) is 199 cm³/mol. The number of nitrogens with one attached hydrogen (secondary N) is 1. The summed E-state index contributed by atoms with van der Waals surface area (Å²) in [6.07, 6.45) is 17.9. The molecule has 1 saturated heterocycles. The molecule has 0 aromatic heterocycles. The van der Waals surface area contributed by atoms with Gasteiger partial charge in [-0.15, -0.1) is 0 Å². The first kappa shape index (κ1) is 40.7. The van der Waals surface area contributed by atoms with Crippen LogP contribution in [-0.4, -0.2) is 72.0 Å². The van der Waals surface area contributed by atoms with E-state index in [1.165, 1.54) is 61.8 Å². The number of alkyl carbamates (subject to hydrolysis) is 1. The molecule has 0 spiro atoms. The van der Waals surface area contributed by atoms with Crippen LogP contribution in [0.2, 0.25) is 0 Å². The maximum Gasteiger partial charge on any atom is 0.471 e. The van der Waals surface area contributed by atoms with Crippen molar-refractivity contribution in [2.75, 3.05) is 26.8 Å². The molecule has 0 aromatic carbocycles. The lowest BCUT2D eigenvalue weighted by Crippen LogP contribution is -2.51. The Labute approximate surface area is 307 Å². The number of hydrogen-bond acceptors (Lipinski definition) is 7. The lowest BCUT2D eigenvalue weighted by molar-refractivity contribution is -0.133. The summed E-state index contributed by atoms with van der Waals surface area (Å²) in [6.45, 7) is 12.9. The number of phosphoric ester groups is 1. The largest absolute Gasteiger partial charge is 0.471 e. The van der Waals surface area contributed by atoms with Crippen molar-refractivity contribution < 1.29 is 37.9 Å². The molecule has 11 heteroatoms. The van der Waals surface area contributed by atoms with Gasteiger partial charge in [-0.1, -0.05) is 72.0 Å². The standard InChI is InChI=1S/C40H69N2O8P/c1-27(2)11-10-12-28(3)34-16-17-35-33-15-14-29-23-32(18-20-39(29,4)36(33)19-21-40(34,35)5)50-38(45)41-22-9-7-8-13-37(44)42-25-31(43)24-30(42)26-49-51(46,47)48-6/h14,27-28,30-36,43H,7-13,15-26H2,1-6H3,(H,41,45)(H,46,47)/t28-,30+,31-,32+,33+,34-,35+,36+,39+,40-/m1/s1. The van der Waals surface area contributed by atoms with Crippen LogP contribution in [0.15, 0.2) is 11.6 Å². The van der Waals surface area contributed by atoms with Crippen LogP contribution in [0, 0.1) is 46.3 Å². The number of carbonyl (C=O) groups is 2. The number of nitrogens with zero attached hydrogens (tertiary/aromatic N) is 1. The number of hydrogen-bond donors (Lipinski definition) is 3. The van der Waals surface area contributed by atoms with Crippen molar-refractivity contribution in [2.45, 2.75) is 156 Å². The van der Waals surface area contributed by atoms with Crippen molar-refractivity contribution in [2.24, 2.45) is 46.3 Å². The molecule has 1 unspecified atom stereocenters. The van der Waals surface area contributed by atoms with Crippen LogP contribution >= 0.6 is 7.82 Å². The lowest BCUT2D eigenvalue weighted by atomic mass is 9.47. The summed E-state index contributed by atoms with van der Waals surface area (Å²) in [4.78, 5) is 36.6. The second-order valence-electron chi connectivity index (χ2n) is 17.8. The summed E-state index contributed by atoms with van der Waals surface area (Å²) in [5.74, 6) is 4.76. The van der Waals surface area contributed by atoms with E-state index in [-0.39, 0.29) is 36.7 Å². The molecule has 3 saturated carbocycles. The summed E-state index contributed by atoms with van der Waals surface area (Å²) < 4.78 is 27.0. The first-order valence-electron chi connectivity index (χ1n) is 20.3. The number of fused-ring (bicyclic) bond motifs is 5. The Balaban J connectivity index is 1.01. The molecule has 2 amide bonds. The highest BCUT2D eigenvalue weighted by molar-refractivity contribution is 7.47. The molecule has 4 fully saturated rings. The van der Waals surface area contributed by atoms with Gasteiger partial charge in [0.15, 0.2) is 0 Å². The van der Waals surface area contributed by atoms with E-state index < -0.39 is 20.0 Å². The van der Waals surface area contributed by atoms with E-state index in [4.69, 9.17) is 9.26 Å². The highest BCUT2D eigenvalue weighted by Crippen LogP contribution is 2.67. The van der Waals surface area contributed by atoms with Crippen LogP contribution in [0.5, 0.6) is 0 Å². The van der Waals surface area contributed by atoms with Gasteiger partial charge in [-0.3, -0.25) is 13.8 Å².